The molecule has 5 heteroatoms. The zero-order valence-corrected chi connectivity index (χ0v) is 7.80. The van der Waals surface area contributed by atoms with Crippen LogP contribution >= 0.6 is 0 Å². The molecule has 0 aromatic rings. The summed E-state index contributed by atoms with van der Waals surface area (Å²) in [4.78, 5) is 8.56. The molecule has 0 spiro atoms. The van der Waals surface area contributed by atoms with Gasteiger partial charge in [0, 0.05) is 1.43 Å². The average molecular weight is 112 g/mol. The van der Waals surface area contributed by atoms with Crippen LogP contribution in [-0.2, 0) is 0 Å². The maximum Gasteiger partial charge on any atom is 1.00 e. The average Bonchev–Trinajstić information content (AvgIpc) is 0.811. The van der Waals surface area contributed by atoms with Gasteiger partial charge in [0.1, 0.15) is 0 Å². The van der Waals surface area contributed by atoms with E-state index in [1.807, 2.05) is 0 Å². The SMILES string of the molecule is O=C(O)O.[H-].[H-].[HH].[Na+].[Na+]. The molecule has 0 fully saturated rings. The predicted molar refractivity (Wildman–Crippen MR) is 15.0 cm³/mol. The molecule has 0 rings (SSSR count). The van der Waals surface area contributed by atoms with Crippen LogP contribution in [0, 0.1) is 0 Å². The van der Waals surface area contributed by atoms with Crippen molar-refractivity contribution in [3.63, 3.8) is 0 Å². The van der Waals surface area contributed by atoms with Gasteiger partial charge in [0.2, 0.25) is 0 Å². The molecule has 0 aromatic carbocycles. The molecular formula is CH6Na2O3. The van der Waals surface area contributed by atoms with Crippen LogP contribution < -0.4 is 59.1 Å². The van der Waals surface area contributed by atoms with Crippen molar-refractivity contribution in [3.8, 4) is 0 Å². The second-order valence-corrected chi connectivity index (χ2v) is 0.283. The van der Waals surface area contributed by atoms with Crippen molar-refractivity contribution in [3.05, 3.63) is 0 Å². The molecule has 0 aliphatic carbocycles. The third kappa shape index (κ3) is 59.6. The molecule has 0 aromatic heterocycles. The number of carboxylic acid groups (broad SMARTS) is 2. The molecule has 30 valence electrons. The summed E-state index contributed by atoms with van der Waals surface area (Å²) in [6.07, 6.45) is -1.83. The Morgan fingerprint density at radius 2 is 1.50 bits per heavy atom. The minimum atomic E-state index is -1.83. The molecular weight excluding hydrogens is 106 g/mol. The first-order chi connectivity index (χ1) is 1.73. The second kappa shape index (κ2) is 9.55. The predicted octanol–water partition coefficient (Wildman–Crippen LogP) is -5.30. The summed E-state index contributed by atoms with van der Waals surface area (Å²) < 4.78 is 0. The smallest absolute Gasteiger partial charge is 1.00 e. The summed E-state index contributed by atoms with van der Waals surface area (Å²) in [6.45, 7) is 0. The number of rotatable bonds is 0. The van der Waals surface area contributed by atoms with E-state index in [-0.39, 0.29) is 63.4 Å². The maximum atomic E-state index is 8.56. The van der Waals surface area contributed by atoms with Crippen molar-refractivity contribution in [2.24, 2.45) is 0 Å². The largest absolute Gasteiger partial charge is 1.00 e. The molecule has 0 bridgehead atoms. The van der Waals surface area contributed by atoms with Gasteiger partial charge in [0.25, 0.3) is 0 Å². The summed E-state index contributed by atoms with van der Waals surface area (Å²) >= 11 is 0. The Hall–Kier alpha value is 1.27. The van der Waals surface area contributed by atoms with E-state index in [1.165, 1.54) is 0 Å². The number of hydrogen-bond donors (Lipinski definition) is 2. The van der Waals surface area contributed by atoms with E-state index in [9.17, 15) is 0 Å². The number of hydrogen-bond acceptors (Lipinski definition) is 1. The summed E-state index contributed by atoms with van der Waals surface area (Å²) in [5.74, 6) is 0. The fraction of sp³-hybridized carbons (Fsp3) is 0. The van der Waals surface area contributed by atoms with E-state index in [4.69, 9.17) is 15.0 Å². The van der Waals surface area contributed by atoms with Crippen molar-refractivity contribution in [1.29, 1.82) is 0 Å². The van der Waals surface area contributed by atoms with Gasteiger partial charge in [-0.2, -0.15) is 0 Å². The van der Waals surface area contributed by atoms with E-state index in [1.54, 1.807) is 0 Å². The molecule has 0 heterocycles. The molecule has 0 atom stereocenters. The maximum absolute atomic E-state index is 8.56. The Balaban J connectivity index is -0.00000000450. The van der Waals surface area contributed by atoms with Crippen molar-refractivity contribution >= 4 is 6.16 Å². The monoisotopic (exact) mass is 112 g/mol. The molecule has 0 radical (unpaired) electrons. The fourth-order valence-electron chi connectivity index (χ4n) is 0. The molecule has 0 amide bonds. The Kier molecular flexibility index (Phi) is 25.0. The van der Waals surface area contributed by atoms with Gasteiger partial charge in [-0.05, 0) is 0 Å². The van der Waals surface area contributed by atoms with Crippen molar-refractivity contribution in [2.45, 2.75) is 0 Å². The van der Waals surface area contributed by atoms with Gasteiger partial charge in [0.05, 0.1) is 0 Å². The first kappa shape index (κ1) is 15.7. The Morgan fingerprint density at radius 3 is 1.50 bits per heavy atom. The topological polar surface area (TPSA) is 57.5 Å². The van der Waals surface area contributed by atoms with E-state index in [0.717, 1.165) is 0 Å². The molecule has 0 unspecified atom stereocenters. The molecule has 2 N–H and O–H groups in total. The molecule has 0 saturated heterocycles. The summed E-state index contributed by atoms with van der Waals surface area (Å²) in [5, 5.41) is 13.9. The van der Waals surface area contributed by atoms with Crippen LogP contribution in [-0.4, -0.2) is 16.4 Å². The van der Waals surface area contributed by atoms with Crippen molar-refractivity contribution < 1.29 is 78.4 Å². The Bertz CT molecular complexity index is 40.0. The summed E-state index contributed by atoms with van der Waals surface area (Å²) in [5.41, 5.74) is 0. The minimum Gasteiger partial charge on any atom is -1.00 e. The van der Waals surface area contributed by atoms with Gasteiger partial charge < -0.3 is 13.1 Å². The zero-order valence-electron chi connectivity index (χ0n) is 5.80. The van der Waals surface area contributed by atoms with Crippen LogP contribution in [0.2, 0.25) is 0 Å². The second-order valence-electron chi connectivity index (χ2n) is 0.283. The van der Waals surface area contributed by atoms with Gasteiger partial charge in [-0.1, -0.05) is 0 Å². The third-order valence-electron chi connectivity index (χ3n) is 0. The molecule has 0 aliphatic rings. The van der Waals surface area contributed by atoms with Gasteiger partial charge in [-0.15, -0.1) is 0 Å². The first-order valence-electron chi connectivity index (χ1n) is 0.651. The zero-order chi connectivity index (χ0) is 3.58. The van der Waals surface area contributed by atoms with E-state index in [0.29, 0.717) is 0 Å². The van der Waals surface area contributed by atoms with E-state index < -0.39 is 6.16 Å². The van der Waals surface area contributed by atoms with Gasteiger partial charge >= 0.3 is 65.3 Å². The van der Waals surface area contributed by atoms with Gasteiger partial charge in [-0.25, -0.2) is 4.79 Å². The van der Waals surface area contributed by atoms with Crippen LogP contribution in [0.5, 0.6) is 0 Å². The fourth-order valence-corrected chi connectivity index (χ4v) is 0. The minimum absolute atomic E-state index is 0. The van der Waals surface area contributed by atoms with Crippen LogP contribution in [0.25, 0.3) is 0 Å². The van der Waals surface area contributed by atoms with E-state index in [2.05, 4.69) is 0 Å². The Labute approximate surface area is 83.8 Å². The van der Waals surface area contributed by atoms with Gasteiger partial charge in [0.15, 0.2) is 0 Å². The molecule has 3 nitrogen and oxygen atoms in total. The molecule has 0 aliphatic heterocycles. The van der Waals surface area contributed by atoms with Crippen LogP contribution in [0.1, 0.15) is 4.28 Å². The normalized spacial score (nSPS) is 4.00. The van der Waals surface area contributed by atoms with Crippen molar-refractivity contribution in [1.82, 2.24) is 0 Å². The molecule has 6 heavy (non-hydrogen) atoms. The van der Waals surface area contributed by atoms with E-state index >= 15 is 0 Å². The van der Waals surface area contributed by atoms with Crippen LogP contribution in [0.15, 0.2) is 0 Å². The molecule has 0 saturated carbocycles. The van der Waals surface area contributed by atoms with Crippen LogP contribution in [0.4, 0.5) is 4.79 Å². The van der Waals surface area contributed by atoms with Gasteiger partial charge in [-0.3, -0.25) is 0 Å². The third-order valence-corrected chi connectivity index (χ3v) is 0. The Morgan fingerprint density at radius 1 is 1.50 bits per heavy atom. The summed E-state index contributed by atoms with van der Waals surface area (Å²) in [7, 11) is 0. The standard InChI is InChI=1S/CH2O3.2Na.H2.2H/c2-1(3)4;;;;;/h(H2,2,3,4);;;1H;;/q;2*+1;;2*-1. The van der Waals surface area contributed by atoms with Crippen LogP contribution in [0.3, 0.4) is 0 Å². The number of carbonyl (C=O) groups is 1. The first-order valence-corrected chi connectivity index (χ1v) is 0.651. The quantitative estimate of drug-likeness (QED) is 0.308. The van der Waals surface area contributed by atoms with Crippen molar-refractivity contribution in [2.75, 3.05) is 0 Å². The summed E-state index contributed by atoms with van der Waals surface area (Å²) in [6, 6.07) is 0.